The van der Waals surface area contributed by atoms with Crippen LogP contribution in [0.2, 0.25) is 0 Å². The van der Waals surface area contributed by atoms with Crippen molar-refractivity contribution in [1.29, 1.82) is 0 Å². The maximum atomic E-state index is 11.8. The minimum absolute atomic E-state index is 0.0562. The van der Waals surface area contributed by atoms with Crippen LogP contribution in [0.15, 0.2) is 36.4 Å². The molecule has 19 heavy (non-hydrogen) atoms. The third-order valence-corrected chi connectivity index (χ3v) is 2.56. The van der Waals surface area contributed by atoms with Gasteiger partial charge in [-0.25, -0.2) is 0 Å². The van der Waals surface area contributed by atoms with Crippen molar-refractivity contribution < 1.29 is 19.5 Å². The van der Waals surface area contributed by atoms with Crippen molar-refractivity contribution in [3.8, 4) is 0 Å². The Kier molecular flexibility index (Phi) is 3.97. The molecule has 0 fully saturated rings. The smallest absolute Gasteiger partial charge is 0.294 e. The highest BCUT2D eigenvalue weighted by Crippen LogP contribution is 2.19. The SMILES string of the molecule is O=C1C=C(c2ccccc2)OCN1CCO[N+](=O)[O-]. The first-order valence-corrected chi connectivity index (χ1v) is 5.63. The van der Waals surface area contributed by atoms with Gasteiger partial charge in [-0.1, -0.05) is 30.3 Å². The van der Waals surface area contributed by atoms with Crippen LogP contribution in [0.25, 0.3) is 5.76 Å². The molecule has 2 rings (SSSR count). The summed E-state index contributed by atoms with van der Waals surface area (Å²) in [6.45, 7) is -0.00434. The van der Waals surface area contributed by atoms with Crippen LogP contribution in [0.5, 0.6) is 0 Å². The van der Waals surface area contributed by atoms with E-state index in [1.807, 2.05) is 30.3 Å². The molecule has 0 aliphatic carbocycles. The summed E-state index contributed by atoms with van der Waals surface area (Å²) in [6, 6.07) is 9.24. The Labute approximate surface area is 109 Å². The van der Waals surface area contributed by atoms with E-state index in [9.17, 15) is 14.9 Å². The van der Waals surface area contributed by atoms with E-state index in [1.54, 1.807) is 0 Å². The Morgan fingerprint density at radius 2 is 2.11 bits per heavy atom. The summed E-state index contributed by atoms with van der Waals surface area (Å²) in [4.78, 5) is 27.3. The van der Waals surface area contributed by atoms with E-state index in [-0.39, 0.29) is 25.8 Å². The predicted molar refractivity (Wildman–Crippen MR) is 65.0 cm³/mol. The van der Waals surface area contributed by atoms with Crippen LogP contribution in [0, 0.1) is 10.1 Å². The molecule has 7 heteroatoms. The van der Waals surface area contributed by atoms with Crippen molar-refractivity contribution in [3.05, 3.63) is 52.1 Å². The monoisotopic (exact) mass is 264 g/mol. The van der Waals surface area contributed by atoms with Gasteiger partial charge in [0.05, 0.1) is 0 Å². The Morgan fingerprint density at radius 3 is 2.74 bits per heavy atom. The molecule has 0 unspecified atom stereocenters. The van der Waals surface area contributed by atoms with Crippen molar-refractivity contribution in [2.45, 2.75) is 0 Å². The number of nitrogens with zero attached hydrogens (tertiary/aromatic N) is 2. The molecule has 0 bridgehead atoms. The molecular formula is C12H12N2O5. The van der Waals surface area contributed by atoms with E-state index in [0.29, 0.717) is 5.76 Å². The van der Waals surface area contributed by atoms with Crippen molar-refractivity contribution in [1.82, 2.24) is 4.90 Å². The number of carbonyl (C=O) groups is 1. The first-order chi connectivity index (χ1) is 9.16. The van der Waals surface area contributed by atoms with E-state index in [1.165, 1.54) is 11.0 Å². The van der Waals surface area contributed by atoms with E-state index in [0.717, 1.165) is 5.56 Å². The number of hydrogen-bond donors (Lipinski definition) is 0. The van der Waals surface area contributed by atoms with Crippen LogP contribution in [-0.2, 0) is 14.4 Å². The van der Waals surface area contributed by atoms with Gasteiger partial charge in [-0.15, -0.1) is 10.1 Å². The summed E-state index contributed by atoms with van der Waals surface area (Å²) in [7, 11) is 0. The second-order valence-electron chi connectivity index (χ2n) is 3.81. The summed E-state index contributed by atoms with van der Waals surface area (Å²) < 4.78 is 5.45. The first kappa shape index (κ1) is 12.9. The number of rotatable bonds is 5. The molecule has 100 valence electrons. The second-order valence-corrected chi connectivity index (χ2v) is 3.81. The number of amides is 1. The van der Waals surface area contributed by atoms with E-state index < -0.39 is 5.09 Å². The molecule has 1 amide bonds. The molecule has 1 aliphatic rings. The molecule has 1 heterocycles. The van der Waals surface area contributed by atoms with E-state index in [4.69, 9.17) is 4.74 Å². The Morgan fingerprint density at radius 1 is 1.37 bits per heavy atom. The predicted octanol–water partition coefficient (Wildman–Crippen LogP) is 1.05. The van der Waals surface area contributed by atoms with Gasteiger partial charge < -0.3 is 14.5 Å². The first-order valence-electron chi connectivity index (χ1n) is 5.63. The number of hydrogen-bond acceptors (Lipinski definition) is 5. The number of carbonyl (C=O) groups excluding carboxylic acids is 1. The lowest BCUT2D eigenvalue weighted by atomic mass is 10.1. The molecular weight excluding hydrogens is 252 g/mol. The quantitative estimate of drug-likeness (QED) is 0.586. The van der Waals surface area contributed by atoms with Crippen molar-refractivity contribution >= 4 is 11.7 Å². The normalized spacial score (nSPS) is 14.6. The standard InChI is InChI=1S/C12H12N2O5/c15-12-8-11(10-4-2-1-3-5-10)18-9-13(12)6-7-19-14(16)17/h1-5,8H,6-7,9H2. The van der Waals surface area contributed by atoms with Crippen LogP contribution in [0.1, 0.15) is 5.56 Å². The molecule has 0 saturated heterocycles. The van der Waals surface area contributed by atoms with Gasteiger partial charge in [0.2, 0.25) is 0 Å². The van der Waals surface area contributed by atoms with Crippen molar-refractivity contribution in [3.63, 3.8) is 0 Å². The van der Waals surface area contributed by atoms with Crippen LogP contribution in [-0.4, -0.2) is 35.8 Å². The summed E-state index contributed by atoms with van der Waals surface area (Å²) in [5, 5.41) is 9.11. The fourth-order valence-corrected chi connectivity index (χ4v) is 1.63. The zero-order valence-electron chi connectivity index (χ0n) is 10.0. The summed E-state index contributed by atoms with van der Waals surface area (Å²) in [5.41, 5.74) is 0.817. The van der Waals surface area contributed by atoms with Gasteiger partial charge in [0.1, 0.15) is 12.4 Å². The molecule has 7 nitrogen and oxygen atoms in total. The zero-order chi connectivity index (χ0) is 13.7. The summed E-state index contributed by atoms with van der Waals surface area (Å²) >= 11 is 0. The zero-order valence-corrected chi connectivity index (χ0v) is 10.0. The van der Waals surface area contributed by atoms with Crippen LogP contribution < -0.4 is 0 Å². The molecule has 1 aliphatic heterocycles. The Balaban J connectivity index is 1.95. The highest BCUT2D eigenvalue weighted by atomic mass is 16.9. The topological polar surface area (TPSA) is 81.9 Å². The lowest BCUT2D eigenvalue weighted by Crippen LogP contribution is -2.37. The second kappa shape index (κ2) is 5.85. The minimum atomic E-state index is -0.888. The number of ether oxygens (including phenoxy) is 1. The number of benzene rings is 1. The van der Waals surface area contributed by atoms with Gasteiger partial charge in [0.15, 0.2) is 6.73 Å². The van der Waals surface area contributed by atoms with E-state index >= 15 is 0 Å². The lowest BCUT2D eigenvalue weighted by molar-refractivity contribution is -0.757. The van der Waals surface area contributed by atoms with Gasteiger partial charge in [-0.2, -0.15) is 0 Å². The van der Waals surface area contributed by atoms with Crippen molar-refractivity contribution in [2.24, 2.45) is 0 Å². The van der Waals surface area contributed by atoms with Crippen LogP contribution in [0.3, 0.4) is 0 Å². The molecule has 0 atom stereocenters. The molecule has 0 spiro atoms. The highest BCUT2D eigenvalue weighted by Gasteiger charge is 2.20. The largest absolute Gasteiger partial charge is 0.472 e. The maximum Gasteiger partial charge on any atom is 0.294 e. The molecule has 0 N–H and O–H groups in total. The Bertz CT molecular complexity index is 500. The van der Waals surface area contributed by atoms with Crippen molar-refractivity contribution in [2.75, 3.05) is 19.9 Å². The fourth-order valence-electron chi connectivity index (χ4n) is 1.63. The molecule has 0 radical (unpaired) electrons. The van der Waals surface area contributed by atoms with Gasteiger partial charge in [0.25, 0.3) is 11.0 Å². The minimum Gasteiger partial charge on any atom is -0.472 e. The summed E-state index contributed by atoms with van der Waals surface area (Å²) in [6.07, 6.45) is 1.37. The van der Waals surface area contributed by atoms with Gasteiger partial charge in [0, 0.05) is 18.2 Å². The average Bonchev–Trinajstić information content (AvgIpc) is 2.41. The van der Waals surface area contributed by atoms with Gasteiger partial charge in [-0.3, -0.25) is 4.79 Å². The molecule has 1 aromatic rings. The molecule has 0 aromatic heterocycles. The lowest BCUT2D eigenvalue weighted by Gasteiger charge is -2.26. The van der Waals surface area contributed by atoms with Gasteiger partial charge >= 0.3 is 0 Å². The Hall–Kier alpha value is -2.57. The summed E-state index contributed by atoms with van der Waals surface area (Å²) in [5.74, 6) is 0.245. The molecule has 0 saturated carbocycles. The highest BCUT2D eigenvalue weighted by molar-refractivity contribution is 5.94. The third-order valence-electron chi connectivity index (χ3n) is 2.56. The molecule has 1 aromatic carbocycles. The fraction of sp³-hybridized carbons (Fsp3) is 0.250. The maximum absolute atomic E-state index is 11.8. The van der Waals surface area contributed by atoms with Crippen LogP contribution in [0.4, 0.5) is 0 Å². The van der Waals surface area contributed by atoms with Crippen LogP contribution >= 0.6 is 0 Å². The average molecular weight is 264 g/mol. The van der Waals surface area contributed by atoms with E-state index in [2.05, 4.69) is 4.84 Å². The third kappa shape index (κ3) is 3.44. The van der Waals surface area contributed by atoms with Gasteiger partial charge in [-0.05, 0) is 0 Å².